The maximum Gasteiger partial charge on any atom is 0.343 e. The number of nitrogens with one attached hydrogen (secondary N) is 2. The van der Waals surface area contributed by atoms with Gasteiger partial charge in [-0.15, -0.1) is 0 Å². The summed E-state index contributed by atoms with van der Waals surface area (Å²) in [6, 6.07) is 0. The Kier molecular flexibility index (Phi) is 3.76. The molecule has 0 amide bonds. The number of hydrogen-bond acceptors (Lipinski definition) is 6. The molecule has 1 saturated heterocycles. The summed E-state index contributed by atoms with van der Waals surface area (Å²) in [5.74, 6) is 0.656. The third-order valence-corrected chi connectivity index (χ3v) is 2.75. The molecule has 0 aliphatic carbocycles. The monoisotopic (exact) mass is 248 g/mol. The van der Waals surface area contributed by atoms with Crippen LogP contribution in [-0.2, 0) is 9.53 Å². The van der Waals surface area contributed by atoms with Gasteiger partial charge in [0.05, 0.1) is 6.61 Å². The average molecular weight is 248 g/mol. The Morgan fingerprint density at radius 1 is 1.67 bits per heavy atom. The van der Waals surface area contributed by atoms with Crippen molar-refractivity contribution < 1.29 is 9.53 Å². The average Bonchev–Trinajstić information content (AvgIpc) is 2.28. The molecule has 0 aromatic heterocycles. The van der Waals surface area contributed by atoms with E-state index in [1.54, 1.807) is 13.1 Å². The highest BCUT2D eigenvalue weighted by Crippen LogP contribution is 2.14. The summed E-state index contributed by atoms with van der Waals surface area (Å²) in [5, 5.41) is 10.2. The zero-order valence-electron chi connectivity index (χ0n) is 10.3. The van der Waals surface area contributed by atoms with Crippen molar-refractivity contribution in [2.24, 2.45) is 4.99 Å². The van der Waals surface area contributed by atoms with Crippen LogP contribution in [0.15, 0.2) is 28.7 Å². The van der Waals surface area contributed by atoms with Crippen LogP contribution >= 0.6 is 0 Å². The molecule has 96 valence electrons. The van der Waals surface area contributed by atoms with Gasteiger partial charge in [-0.05, 0) is 19.4 Å². The van der Waals surface area contributed by atoms with E-state index in [2.05, 4.69) is 15.2 Å². The summed E-state index contributed by atoms with van der Waals surface area (Å²) in [6.07, 6.45) is 5.71. The lowest BCUT2D eigenvalue weighted by molar-refractivity contribution is -0.137. The van der Waals surface area contributed by atoms with Crippen molar-refractivity contribution in [2.75, 3.05) is 19.7 Å². The standard InChI is InChI=1S/C12H16N4O2/c1-2-18-12(17)9(8-13)11-14-5-4-10(15-11)16-6-3-7-16/h4-5,8,13-14H,2-3,6-7H2,1H3/b11-9-,13-8?. The lowest BCUT2D eigenvalue weighted by atomic mass is 10.2. The highest BCUT2D eigenvalue weighted by Gasteiger charge is 2.21. The highest BCUT2D eigenvalue weighted by atomic mass is 16.5. The van der Waals surface area contributed by atoms with Crippen molar-refractivity contribution >= 4 is 18.0 Å². The third-order valence-electron chi connectivity index (χ3n) is 2.75. The molecular weight excluding hydrogens is 232 g/mol. The molecule has 0 spiro atoms. The normalized spacial score (nSPS) is 20.5. The molecule has 0 unspecified atom stereocenters. The zero-order chi connectivity index (χ0) is 13.0. The fourth-order valence-corrected chi connectivity index (χ4v) is 1.67. The van der Waals surface area contributed by atoms with Crippen LogP contribution in [0.4, 0.5) is 0 Å². The van der Waals surface area contributed by atoms with Gasteiger partial charge in [0.2, 0.25) is 0 Å². The van der Waals surface area contributed by atoms with Gasteiger partial charge >= 0.3 is 5.97 Å². The van der Waals surface area contributed by atoms with Crippen molar-refractivity contribution in [3.8, 4) is 0 Å². The quantitative estimate of drug-likeness (QED) is 0.436. The maximum atomic E-state index is 11.7. The molecule has 2 rings (SSSR count). The van der Waals surface area contributed by atoms with Gasteiger partial charge in [0.25, 0.3) is 0 Å². The first-order chi connectivity index (χ1) is 8.76. The number of esters is 1. The van der Waals surface area contributed by atoms with Crippen LogP contribution in [0.3, 0.4) is 0 Å². The molecule has 6 nitrogen and oxygen atoms in total. The summed E-state index contributed by atoms with van der Waals surface area (Å²) in [6.45, 7) is 3.97. The van der Waals surface area contributed by atoms with E-state index in [4.69, 9.17) is 10.1 Å². The number of carbonyl (C=O) groups is 1. The second-order valence-corrected chi connectivity index (χ2v) is 3.92. The largest absolute Gasteiger partial charge is 0.462 e. The maximum absolute atomic E-state index is 11.7. The minimum absolute atomic E-state index is 0.138. The molecule has 2 aliphatic rings. The summed E-state index contributed by atoms with van der Waals surface area (Å²) in [7, 11) is 0. The molecule has 2 heterocycles. The van der Waals surface area contributed by atoms with E-state index >= 15 is 0 Å². The molecule has 6 heteroatoms. The van der Waals surface area contributed by atoms with Crippen molar-refractivity contribution in [2.45, 2.75) is 13.3 Å². The molecule has 1 fully saturated rings. The van der Waals surface area contributed by atoms with Crippen LogP contribution in [0.2, 0.25) is 0 Å². The Morgan fingerprint density at radius 3 is 3.00 bits per heavy atom. The van der Waals surface area contributed by atoms with Gasteiger partial charge in [-0.25, -0.2) is 9.79 Å². The summed E-state index contributed by atoms with van der Waals surface area (Å²) < 4.78 is 4.89. The van der Waals surface area contributed by atoms with E-state index in [-0.39, 0.29) is 12.2 Å². The second kappa shape index (κ2) is 5.48. The Balaban J connectivity index is 2.24. The number of amidine groups is 1. The fraction of sp³-hybridized carbons (Fsp3) is 0.417. The Labute approximate surface area is 106 Å². The van der Waals surface area contributed by atoms with E-state index < -0.39 is 5.97 Å². The summed E-state index contributed by atoms with van der Waals surface area (Å²) in [5.41, 5.74) is 0.138. The van der Waals surface area contributed by atoms with Crippen LogP contribution in [0.5, 0.6) is 0 Å². The first-order valence-electron chi connectivity index (χ1n) is 5.95. The Hall–Kier alpha value is -2.11. The molecule has 0 saturated carbocycles. The van der Waals surface area contributed by atoms with E-state index in [9.17, 15) is 4.79 Å². The second-order valence-electron chi connectivity index (χ2n) is 3.92. The van der Waals surface area contributed by atoms with Crippen molar-refractivity contribution in [1.29, 1.82) is 5.41 Å². The molecule has 2 aliphatic heterocycles. The number of nitrogens with zero attached hydrogens (tertiary/aromatic N) is 2. The molecule has 0 atom stereocenters. The van der Waals surface area contributed by atoms with Gasteiger partial charge < -0.3 is 20.4 Å². The number of hydrogen-bond donors (Lipinski definition) is 2. The summed E-state index contributed by atoms with van der Waals surface area (Å²) >= 11 is 0. The first-order valence-corrected chi connectivity index (χ1v) is 5.95. The Morgan fingerprint density at radius 2 is 2.44 bits per heavy atom. The van der Waals surface area contributed by atoms with Gasteiger partial charge in [-0.1, -0.05) is 0 Å². The highest BCUT2D eigenvalue weighted by molar-refractivity contribution is 6.10. The zero-order valence-corrected chi connectivity index (χ0v) is 10.3. The molecule has 0 bridgehead atoms. The van der Waals surface area contributed by atoms with Gasteiger partial charge in [0.15, 0.2) is 0 Å². The van der Waals surface area contributed by atoms with E-state index in [1.807, 2.05) is 6.08 Å². The minimum Gasteiger partial charge on any atom is -0.462 e. The molecule has 0 radical (unpaired) electrons. The third kappa shape index (κ3) is 2.42. The van der Waals surface area contributed by atoms with E-state index in [0.717, 1.165) is 31.6 Å². The SMILES string of the molecule is CCOC(=O)/C(C=N)=C1\N=C(N2CCC2)C=CN1. The number of rotatable bonds is 3. The van der Waals surface area contributed by atoms with Crippen LogP contribution < -0.4 is 5.32 Å². The number of aliphatic imine (C=N–C) groups is 1. The lowest BCUT2D eigenvalue weighted by Crippen LogP contribution is -2.42. The lowest BCUT2D eigenvalue weighted by Gasteiger charge is -2.33. The number of likely N-dealkylation sites (tertiary alicyclic amines) is 1. The topological polar surface area (TPSA) is 77.8 Å². The van der Waals surface area contributed by atoms with Gasteiger partial charge in [0.1, 0.15) is 17.2 Å². The van der Waals surface area contributed by atoms with E-state index in [1.165, 1.54) is 0 Å². The number of ether oxygens (including phenoxy) is 1. The summed E-state index contributed by atoms with van der Waals surface area (Å²) in [4.78, 5) is 18.1. The number of carbonyl (C=O) groups excluding carboxylic acids is 1. The first kappa shape index (κ1) is 12.3. The fourth-order valence-electron chi connectivity index (χ4n) is 1.67. The van der Waals surface area contributed by atoms with Crippen molar-refractivity contribution in [1.82, 2.24) is 10.2 Å². The van der Waals surface area contributed by atoms with Crippen molar-refractivity contribution in [3.05, 3.63) is 23.7 Å². The predicted molar refractivity (Wildman–Crippen MR) is 68.3 cm³/mol. The molecule has 0 aromatic rings. The van der Waals surface area contributed by atoms with Gasteiger partial charge in [-0.3, -0.25) is 0 Å². The molecular formula is C12H16N4O2. The van der Waals surface area contributed by atoms with E-state index in [0.29, 0.717) is 5.82 Å². The molecule has 18 heavy (non-hydrogen) atoms. The molecule has 0 aromatic carbocycles. The predicted octanol–water partition coefficient (Wildman–Crippen LogP) is 0.632. The van der Waals surface area contributed by atoms with Crippen LogP contribution in [-0.4, -0.2) is 42.6 Å². The van der Waals surface area contributed by atoms with Gasteiger partial charge in [-0.2, -0.15) is 0 Å². The van der Waals surface area contributed by atoms with Crippen LogP contribution in [0.1, 0.15) is 13.3 Å². The van der Waals surface area contributed by atoms with Crippen molar-refractivity contribution in [3.63, 3.8) is 0 Å². The van der Waals surface area contributed by atoms with Gasteiger partial charge in [0, 0.05) is 25.5 Å². The van der Waals surface area contributed by atoms with Crippen LogP contribution in [0.25, 0.3) is 0 Å². The Bertz CT molecular complexity index is 447. The molecule has 2 N–H and O–H groups in total. The van der Waals surface area contributed by atoms with Crippen LogP contribution in [0, 0.1) is 5.41 Å². The minimum atomic E-state index is -0.531. The smallest absolute Gasteiger partial charge is 0.343 e.